The second kappa shape index (κ2) is 7.33. The summed E-state index contributed by atoms with van der Waals surface area (Å²) < 4.78 is 0. The number of carbonyl (C=O) groups is 2. The van der Waals surface area contributed by atoms with E-state index in [1.54, 1.807) is 24.4 Å². The molecule has 3 N–H and O–H groups in total. The molecule has 0 saturated heterocycles. The molecule has 4 aromatic rings. The van der Waals surface area contributed by atoms with Gasteiger partial charge in [0.05, 0.1) is 0 Å². The smallest absolute Gasteiger partial charge is 0.256 e. The Bertz CT molecular complexity index is 1310. The Hall–Kier alpha value is -4.19. The molecule has 2 aromatic heterocycles. The monoisotopic (exact) mass is 394 g/mol. The van der Waals surface area contributed by atoms with Gasteiger partial charge in [-0.2, -0.15) is 0 Å². The van der Waals surface area contributed by atoms with Crippen LogP contribution in [0.4, 0.5) is 5.69 Å². The molecule has 6 heteroatoms. The molecular weight excluding hydrogens is 376 g/mol. The molecule has 2 aromatic carbocycles. The van der Waals surface area contributed by atoms with E-state index in [4.69, 9.17) is 0 Å². The van der Waals surface area contributed by atoms with Crippen molar-refractivity contribution in [1.82, 2.24) is 15.3 Å². The minimum absolute atomic E-state index is 0.184. The number of aromatic nitrogens is 2. The third-order valence-electron chi connectivity index (χ3n) is 5.14. The molecule has 0 saturated carbocycles. The number of benzene rings is 2. The predicted molar refractivity (Wildman–Crippen MR) is 117 cm³/mol. The highest BCUT2D eigenvalue weighted by molar-refractivity contribution is 6.35. The Morgan fingerprint density at radius 1 is 1.07 bits per heavy atom. The van der Waals surface area contributed by atoms with Crippen LogP contribution < -0.4 is 10.6 Å². The van der Waals surface area contributed by atoms with Crippen LogP contribution in [0.2, 0.25) is 0 Å². The molecule has 1 aliphatic rings. The summed E-state index contributed by atoms with van der Waals surface area (Å²) in [5.41, 5.74) is 5.10. The molecule has 2 amide bonds. The normalized spacial score (nSPS) is 14.0. The number of amides is 2. The summed E-state index contributed by atoms with van der Waals surface area (Å²) in [6.07, 6.45) is 5.37. The number of fused-ring (bicyclic) bond motifs is 2. The third kappa shape index (κ3) is 3.24. The van der Waals surface area contributed by atoms with Crippen LogP contribution in [0.3, 0.4) is 0 Å². The number of aromatic amines is 1. The second-order valence-corrected chi connectivity index (χ2v) is 7.08. The zero-order valence-electron chi connectivity index (χ0n) is 16.0. The van der Waals surface area contributed by atoms with Crippen molar-refractivity contribution in [2.24, 2.45) is 0 Å². The third-order valence-corrected chi connectivity index (χ3v) is 5.14. The molecule has 0 bridgehead atoms. The average molecular weight is 394 g/mol. The molecule has 0 radical (unpaired) electrons. The zero-order chi connectivity index (χ0) is 20.5. The first-order chi connectivity index (χ1) is 14.7. The lowest BCUT2D eigenvalue weighted by molar-refractivity contribution is -0.110. The molecule has 6 nitrogen and oxygen atoms in total. The summed E-state index contributed by atoms with van der Waals surface area (Å²) in [6, 6.07) is 18.8. The van der Waals surface area contributed by atoms with E-state index in [-0.39, 0.29) is 11.8 Å². The fourth-order valence-corrected chi connectivity index (χ4v) is 3.60. The Kier molecular flexibility index (Phi) is 4.37. The molecule has 0 atom stereocenters. The first-order valence-electron chi connectivity index (χ1n) is 9.61. The molecule has 1 aliphatic heterocycles. The SMILES string of the molecule is O=C1Nc2ccc(C(=O)NCc3ccccc3)cc2/C1=C\c1c[nH]c2ncccc12. The van der Waals surface area contributed by atoms with Gasteiger partial charge in [0.15, 0.2) is 0 Å². The van der Waals surface area contributed by atoms with Crippen molar-refractivity contribution in [1.29, 1.82) is 0 Å². The summed E-state index contributed by atoms with van der Waals surface area (Å²) in [7, 11) is 0. The maximum atomic E-state index is 12.6. The van der Waals surface area contributed by atoms with Gasteiger partial charge in [0.2, 0.25) is 0 Å². The van der Waals surface area contributed by atoms with Gasteiger partial charge in [0.1, 0.15) is 5.65 Å². The van der Waals surface area contributed by atoms with Gasteiger partial charge in [-0.15, -0.1) is 0 Å². The Balaban J connectivity index is 1.45. The lowest BCUT2D eigenvalue weighted by Gasteiger charge is -2.07. The van der Waals surface area contributed by atoms with Gasteiger partial charge in [0, 0.05) is 52.3 Å². The predicted octanol–water partition coefficient (Wildman–Crippen LogP) is 3.99. The number of H-pyrrole nitrogens is 1. The van der Waals surface area contributed by atoms with E-state index >= 15 is 0 Å². The van der Waals surface area contributed by atoms with Crippen molar-refractivity contribution >= 4 is 40.2 Å². The first-order valence-corrected chi connectivity index (χ1v) is 9.61. The van der Waals surface area contributed by atoms with Gasteiger partial charge in [-0.3, -0.25) is 9.59 Å². The number of nitrogens with zero attached hydrogens (tertiary/aromatic N) is 1. The summed E-state index contributed by atoms with van der Waals surface area (Å²) >= 11 is 0. The molecule has 0 unspecified atom stereocenters. The van der Waals surface area contributed by atoms with E-state index < -0.39 is 0 Å². The highest BCUT2D eigenvalue weighted by Gasteiger charge is 2.25. The van der Waals surface area contributed by atoms with Crippen molar-refractivity contribution in [3.8, 4) is 0 Å². The van der Waals surface area contributed by atoms with Crippen molar-refractivity contribution in [2.75, 3.05) is 5.32 Å². The van der Waals surface area contributed by atoms with Crippen LogP contribution in [-0.2, 0) is 11.3 Å². The number of carbonyl (C=O) groups excluding carboxylic acids is 2. The van der Waals surface area contributed by atoms with Crippen LogP contribution in [-0.4, -0.2) is 21.8 Å². The van der Waals surface area contributed by atoms with Gasteiger partial charge in [-0.1, -0.05) is 30.3 Å². The lowest BCUT2D eigenvalue weighted by Crippen LogP contribution is -2.22. The largest absolute Gasteiger partial charge is 0.348 e. The van der Waals surface area contributed by atoms with Gasteiger partial charge in [-0.25, -0.2) is 4.98 Å². The van der Waals surface area contributed by atoms with E-state index in [1.807, 2.05) is 54.7 Å². The van der Waals surface area contributed by atoms with Crippen LogP contribution in [0, 0.1) is 0 Å². The van der Waals surface area contributed by atoms with E-state index in [0.29, 0.717) is 28.9 Å². The molecule has 5 rings (SSSR count). The van der Waals surface area contributed by atoms with Crippen LogP contribution >= 0.6 is 0 Å². The summed E-state index contributed by atoms with van der Waals surface area (Å²) in [5.74, 6) is -0.373. The van der Waals surface area contributed by atoms with Gasteiger partial charge in [0.25, 0.3) is 11.8 Å². The van der Waals surface area contributed by atoms with Gasteiger partial charge >= 0.3 is 0 Å². The highest BCUT2D eigenvalue weighted by atomic mass is 16.2. The second-order valence-electron chi connectivity index (χ2n) is 7.08. The molecule has 146 valence electrons. The van der Waals surface area contributed by atoms with E-state index in [9.17, 15) is 9.59 Å². The standard InChI is InChI=1S/C24H18N4O2/c29-23(27-13-15-5-2-1-3-6-15)16-8-9-21-19(11-16)20(24(30)28-21)12-17-14-26-22-18(17)7-4-10-25-22/h1-12,14H,13H2,(H,25,26)(H,27,29)(H,28,30)/b20-12+. The molecule has 0 fully saturated rings. The quantitative estimate of drug-likeness (QED) is 0.458. The number of hydrogen-bond donors (Lipinski definition) is 3. The van der Waals surface area contributed by atoms with Crippen molar-refractivity contribution in [3.63, 3.8) is 0 Å². The first kappa shape index (κ1) is 17.9. The molecule has 3 heterocycles. The number of hydrogen-bond acceptors (Lipinski definition) is 3. The number of rotatable bonds is 4. The topological polar surface area (TPSA) is 86.9 Å². The number of nitrogens with one attached hydrogen (secondary N) is 3. The summed E-state index contributed by atoms with van der Waals surface area (Å²) in [6.45, 7) is 0.443. The fourth-order valence-electron chi connectivity index (χ4n) is 3.60. The van der Waals surface area contributed by atoms with E-state index in [1.165, 1.54) is 0 Å². The van der Waals surface area contributed by atoms with Gasteiger partial charge < -0.3 is 15.6 Å². The molecular formula is C24H18N4O2. The summed E-state index contributed by atoms with van der Waals surface area (Å²) in [4.78, 5) is 32.6. The zero-order valence-corrected chi connectivity index (χ0v) is 16.0. The molecule has 0 aliphatic carbocycles. The van der Waals surface area contributed by atoms with Crippen LogP contribution in [0.5, 0.6) is 0 Å². The Morgan fingerprint density at radius 2 is 1.93 bits per heavy atom. The van der Waals surface area contributed by atoms with Crippen molar-refractivity contribution in [2.45, 2.75) is 6.54 Å². The lowest BCUT2D eigenvalue weighted by atomic mass is 10.0. The fraction of sp³-hybridized carbons (Fsp3) is 0.0417. The molecule has 30 heavy (non-hydrogen) atoms. The maximum Gasteiger partial charge on any atom is 0.256 e. The Labute approximate surface area is 172 Å². The van der Waals surface area contributed by atoms with Gasteiger partial charge in [-0.05, 0) is 42.0 Å². The van der Waals surface area contributed by atoms with E-state index in [2.05, 4.69) is 20.6 Å². The number of pyridine rings is 1. The van der Waals surface area contributed by atoms with Crippen molar-refractivity contribution in [3.05, 3.63) is 95.3 Å². The minimum Gasteiger partial charge on any atom is -0.348 e. The van der Waals surface area contributed by atoms with E-state index in [0.717, 1.165) is 22.2 Å². The average Bonchev–Trinajstić information content (AvgIpc) is 3.33. The molecule has 0 spiro atoms. The Morgan fingerprint density at radius 3 is 2.80 bits per heavy atom. The maximum absolute atomic E-state index is 12.6. The minimum atomic E-state index is -0.190. The summed E-state index contributed by atoms with van der Waals surface area (Å²) in [5, 5.41) is 6.73. The van der Waals surface area contributed by atoms with Crippen LogP contribution in [0.25, 0.3) is 22.7 Å². The number of anilines is 1. The van der Waals surface area contributed by atoms with Crippen LogP contribution in [0.1, 0.15) is 27.0 Å². The highest BCUT2D eigenvalue weighted by Crippen LogP contribution is 2.34. The van der Waals surface area contributed by atoms with Crippen LogP contribution in [0.15, 0.2) is 73.1 Å². The van der Waals surface area contributed by atoms with Crippen molar-refractivity contribution < 1.29 is 9.59 Å².